The normalized spacial score (nSPS) is 30.6. The van der Waals surface area contributed by atoms with E-state index in [1.54, 1.807) is 18.2 Å². The minimum absolute atomic E-state index is 0.210. The predicted molar refractivity (Wildman–Crippen MR) is 96.6 cm³/mol. The molecule has 2 amide bonds. The summed E-state index contributed by atoms with van der Waals surface area (Å²) in [4.78, 5) is 26.5. The molecule has 0 aromatic heterocycles. The Balaban J connectivity index is 1.71. The molecule has 0 spiro atoms. The molecule has 2 saturated heterocycles. The minimum atomic E-state index is -0.932. The molecule has 6 nitrogen and oxygen atoms in total. The summed E-state index contributed by atoms with van der Waals surface area (Å²) in [6, 6.07) is 4.63. The fourth-order valence-electron chi connectivity index (χ4n) is 4.37. The molecule has 4 unspecified atom stereocenters. The SMILES string of the molecule is CN1C(=O)C2C=CC(C(O)c3ccc(F)cc3)N(N3CCCCC3)C2C1=O. The number of hydrazine groups is 1. The summed E-state index contributed by atoms with van der Waals surface area (Å²) in [5.74, 6) is -1.34. The molecule has 1 aromatic carbocycles. The Morgan fingerprint density at radius 1 is 1.04 bits per heavy atom. The van der Waals surface area contributed by atoms with E-state index in [0.29, 0.717) is 5.56 Å². The van der Waals surface area contributed by atoms with Crippen molar-refractivity contribution in [1.29, 1.82) is 0 Å². The van der Waals surface area contributed by atoms with Gasteiger partial charge in [-0.15, -0.1) is 0 Å². The monoisotopic (exact) mass is 373 g/mol. The zero-order valence-corrected chi connectivity index (χ0v) is 15.3. The van der Waals surface area contributed by atoms with Crippen LogP contribution in [0, 0.1) is 11.7 Å². The number of rotatable bonds is 3. The first-order valence-electron chi connectivity index (χ1n) is 9.45. The number of hydrogen-bond donors (Lipinski definition) is 1. The van der Waals surface area contributed by atoms with E-state index < -0.39 is 24.1 Å². The van der Waals surface area contributed by atoms with Crippen molar-refractivity contribution in [1.82, 2.24) is 14.9 Å². The van der Waals surface area contributed by atoms with E-state index in [2.05, 4.69) is 5.01 Å². The summed E-state index contributed by atoms with van der Waals surface area (Å²) in [7, 11) is 1.51. The summed E-state index contributed by atoms with van der Waals surface area (Å²) in [6.07, 6.45) is 5.77. The van der Waals surface area contributed by atoms with Crippen LogP contribution in [0.1, 0.15) is 30.9 Å². The molecular weight excluding hydrogens is 349 g/mol. The Morgan fingerprint density at radius 3 is 2.37 bits per heavy atom. The number of carbonyl (C=O) groups excluding carboxylic acids is 2. The van der Waals surface area contributed by atoms with Gasteiger partial charge in [0.05, 0.1) is 18.1 Å². The maximum atomic E-state index is 13.3. The van der Waals surface area contributed by atoms with Crippen molar-refractivity contribution in [3.63, 3.8) is 0 Å². The van der Waals surface area contributed by atoms with Crippen LogP contribution in [0.3, 0.4) is 0 Å². The lowest BCUT2D eigenvalue weighted by atomic mass is 9.90. The molecule has 2 fully saturated rings. The number of piperidine rings is 1. The molecule has 3 heterocycles. The highest BCUT2D eigenvalue weighted by molar-refractivity contribution is 6.07. The second-order valence-electron chi connectivity index (χ2n) is 7.47. The number of halogens is 1. The molecular formula is C20H24FN3O3. The largest absolute Gasteiger partial charge is 0.386 e. The molecule has 0 radical (unpaired) electrons. The number of amides is 2. The highest BCUT2D eigenvalue weighted by Gasteiger charge is 2.53. The van der Waals surface area contributed by atoms with Crippen molar-refractivity contribution in [3.05, 3.63) is 47.8 Å². The third-order valence-electron chi connectivity index (χ3n) is 5.84. The Labute approximate surface area is 157 Å². The van der Waals surface area contributed by atoms with E-state index in [9.17, 15) is 19.1 Å². The Morgan fingerprint density at radius 2 is 1.70 bits per heavy atom. The van der Waals surface area contributed by atoms with E-state index in [4.69, 9.17) is 0 Å². The fraction of sp³-hybridized carbons (Fsp3) is 0.500. The smallest absolute Gasteiger partial charge is 0.248 e. The maximum absolute atomic E-state index is 13.3. The van der Waals surface area contributed by atoms with Gasteiger partial charge in [0.1, 0.15) is 11.9 Å². The van der Waals surface area contributed by atoms with Gasteiger partial charge in [-0.25, -0.2) is 14.4 Å². The third kappa shape index (κ3) is 3.09. The average molecular weight is 373 g/mol. The molecule has 4 atom stereocenters. The van der Waals surface area contributed by atoms with Gasteiger partial charge in [-0.1, -0.05) is 30.7 Å². The summed E-state index contributed by atoms with van der Waals surface area (Å²) < 4.78 is 13.3. The van der Waals surface area contributed by atoms with Crippen LogP contribution in [0.5, 0.6) is 0 Å². The fourth-order valence-corrected chi connectivity index (χ4v) is 4.37. The van der Waals surface area contributed by atoms with Crippen LogP contribution in [0.2, 0.25) is 0 Å². The molecule has 0 saturated carbocycles. The lowest BCUT2D eigenvalue weighted by molar-refractivity contribution is -0.155. The van der Waals surface area contributed by atoms with Gasteiger partial charge < -0.3 is 5.11 Å². The maximum Gasteiger partial charge on any atom is 0.248 e. The van der Waals surface area contributed by atoms with Gasteiger partial charge in [0, 0.05) is 20.1 Å². The first-order chi connectivity index (χ1) is 13.0. The van der Waals surface area contributed by atoms with Crippen molar-refractivity contribution in [2.45, 2.75) is 37.5 Å². The molecule has 144 valence electrons. The number of benzene rings is 1. The van der Waals surface area contributed by atoms with Crippen LogP contribution in [0.4, 0.5) is 4.39 Å². The van der Waals surface area contributed by atoms with Gasteiger partial charge in [0.25, 0.3) is 0 Å². The van der Waals surface area contributed by atoms with E-state index in [-0.39, 0.29) is 17.6 Å². The quantitative estimate of drug-likeness (QED) is 0.642. The highest BCUT2D eigenvalue weighted by Crippen LogP contribution is 2.37. The van der Waals surface area contributed by atoms with Crippen LogP contribution in [-0.4, -0.2) is 64.1 Å². The highest BCUT2D eigenvalue weighted by atomic mass is 19.1. The molecule has 4 rings (SSSR count). The van der Waals surface area contributed by atoms with Crippen molar-refractivity contribution < 1.29 is 19.1 Å². The number of imide groups is 1. The average Bonchev–Trinajstić information content (AvgIpc) is 2.92. The van der Waals surface area contributed by atoms with E-state index in [0.717, 1.165) is 32.4 Å². The third-order valence-corrected chi connectivity index (χ3v) is 5.84. The molecule has 7 heteroatoms. The topological polar surface area (TPSA) is 64.1 Å². The Hall–Kier alpha value is -2.09. The summed E-state index contributed by atoms with van der Waals surface area (Å²) in [5, 5.41) is 15.0. The summed E-state index contributed by atoms with van der Waals surface area (Å²) >= 11 is 0. The minimum Gasteiger partial charge on any atom is -0.386 e. The van der Waals surface area contributed by atoms with Crippen molar-refractivity contribution in [2.75, 3.05) is 20.1 Å². The zero-order chi connectivity index (χ0) is 19.1. The van der Waals surface area contributed by atoms with Crippen LogP contribution < -0.4 is 0 Å². The molecule has 3 aliphatic heterocycles. The van der Waals surface area contributed by atoms with Gasteiger partial charge in [-0.05, 0) is 30.5 Å². The van der Waals surface area contributed by atoms with Gasteiger partial charge in [-0.2, -0.15) is 0 Å². The first kappa shape index (κ1) is 18.3. The van der Waals surface area contributed by atoms with Gasteiger partial charge in [0.15, 0.2) is 0 Å². The van der Waals surface area contributed by atoms with E-state index >= 15 is 0 Å². The van der Waals surface area contributed by atoms with Crippen molar-refractivity contribution >= 4 is 11.8 Å². The number of fused-ring (bicyclic) bond motifs is 1. The van der Waals surface area contributed by atoms with Crippen LogP contribution in [-0.2, 0) is 9.59 Å². The molecule has 0 bridgehead atoms. The summed E-state index contributed by atoms with van der Waals surface area (Å²) in [6.45, 7) is 1.57. The number of likely N-dealkylation sites (N-methyl/N-ethyl adjacent to an activating group) is 1. The first-order valence-corrected chi connectivity index (χ1v) is 9.45. The lowest BCUT2D eigenvalue weighted by Crippen LogP contribution is -2.61. The standard InChI is InChI=1S/C20H24FN3O3/c1-22-19(26)15-9-10-16(18(25)13-5-7-14(21)8-6-13)24(17(15)20(22)27)23-11-3-2-4-12-23/h5-10,15-18,25H,2-4,11-12H2,1H3. The van der Waals surface area contributed by atoms with E-state index in [1.165, 1.54) is 24.1 Å². The van der Waals surface area contributed by atoms with Crippen LogP contribution >= 0.6 is 0 Å². The van der Waals surface area contributed by atoms with Crippen molar-refractivity contribution in [2.24, 2.45) is 5.92 Å². The van der Waals surface area contributed by atoms with Gasteiger partial charge >= 0.3 is 0 Å². The number of nitrogens with zero attached hydrogens (tertiary/aromatic N) is 3. The number of carbonyl (C=O) groups is 2. The second kappa shape index (κ2) is 7.14. The van der Waals surface area contributed by atoms with Crippen molar-refractivity contribution in [3.8, 4) is 0 Å². The number of likely N-dealkylation sites (tertiary alicyclic amines) is 1. The number of aliphatic hydroxyl groups is 1. The number of hydrogen-bond acceptors (Lipinski definition) is 5. The number of aliphatic hydroxyl groups excluding tert-OH is 1. The van der Waals surface area contributed by atoms with Crippen LogP contribution in [0.25, 0.3) is 0 Å². The summed E-state index contributed by atoms with van der Waals surface area (Å²) in [5.41, 5.74) is 0.580. The molecule has 1 aromatic rings. The molecule has 3 aliphatic rings. The van der Waals surface area contributed by atoms with E-state index in [1.807, 2.05) is 11.1 Å². The predicted octanol–water partition coefficient (Wildman–Crippen LogP) is 1.48. The molecule has 0 aliphatic carbocycles. The molecule has 27 heavy (non-hydrogen) atoms. The zero-order valence-electron chi connectivity index (χ0n) is 15.3. The Bertz CT molecular complexity index is 760. The second-order valence-corrected chi connectivity index (χ2v) is 7.47. The van der Waals surface area contributed by atoms with Gasteiger partial charge in [0.2, 0.25) is 11.8 Å². The molecule has 1 N–H and O–H groups in total. The Kier molecular flexibility index (Phi) is 4.84. The van der Waals surface area contributed by atoms with Gasteiger partial charge in [-0.3, -0.25) is 14.5 Å². The lowest BCUT2D eigenvalue weighted by Gasteiger charge is -2.47. The van der Waals surface area contributed by atoms with Crippen LogP contribution in [0.15, 0.2) is 36.4 Å².